The first-order valence-electron chi connectivity index (χ1n) is 5.26. The Hall–Kier alpha value is -1.55. The van der Waals surface area contributed by atoms with Gasteiger partial charge in [0.05, 0.1) is 6.67 Å². The highest BCUT2D eigenvalue weighted by Gasteiger charge is 2.11. The third-order valence-corrected chi connectivity index (χ3v) is 2.24. The molecule has 88 valence electrons. The molecule has 4 nitrogen and oxygen atoms in total. The van der Waals surface area contributed by atoms with Crippen LogP contribution in [0.3, 0.4) is 0 Å². The third-order valence-electron chi connectivity index (χ3n) is 2.24. The number of amides is 1. The fourth-order valence-corrected chi connectivity index (χ4v) is 1.48. The monoisotopic (exact) mass is 222 g/mol. The van der Waals surface area contributed by atoms with E-state index in [9.17, 15) is 4.79 Å². The van der Waals surface area contributed by atoms with Crippen molar-refractivity contribution in [3.63, 3.8) is 0 Å². The lowest BCUT2D eigenvalue weighted by Crippen LogP contribution is -2.38. The average molecular weight is 222 g/mol. The summed E-state index contributed by atoms with van der Waals surface area (Å²) in [7, 11) is 3.72. The average Bonchev–Trinajstić information content (AvgIpc) is 2.25. The SMILES string of the molecule is CN(C)CN(CCc1ccccc1)C(=O)O. The predicted molar refractivity (Wildman–Crippen MR) is 63.4 cm³/mol. The first-order chi connectivity index (χ1) is 7.59. The standard InChI is InChI=1S/C12H18N2O2/c1-13(2)10-14(12(15)16)9-8-11-6-4-3-5-7-11/h3-7H,8-10H2,1-2H3,(H,15,16). The van der Waals surface area contributed by atoms with E-state index < -0.39 is 6.09 Å². The predicted octanol–water partition coefficient (Wildman–Crippen LogP) is 1.73. The van der Waals surface area contributed by atoms with Crippen molar-refractivity contribution in [2.24, 2.45) is 0 Å². The van der Waals surface area contributed by atoms with Crippen molar-refractivity contribution >= 4 is 6.09 Å². The Kier molecular flexibility index (Phi) is 4.79. The summed E-state index contributed by atoms with van der Waals surface area (Å²) >= 11 is 0. The Morgan fingerprint density at radius 3 is 2.38 bits per heavy atom. The summed E-state index contributed by atoms with van der Waals surface area (Å²) < 4.78 is 0. The van der Waals surface area contributed by atoms with Crippen LogP contribution >= 0.6 is 0 Å². The zero-order valence-corrected chi connectivity index (χ0v) is 9.76. The Morgan fingerprint density at radius 2 is 1.88 bits per heavy atom. The van der Waals surface area contributed by atoms with Crippen molar-refractivity contribution < 1.29 is 9.90 Å². The molecule has 1 amide bonds. The summed E-state index contributed by atoms with van der Waals surface area (Å²) in [6, 6.07) is 9.91. The molecule has 0 radical (unpaired) electrons. The maximum Gasteiger partial charge on any atom is 0.408 e. The minimum Gasteiger partial charge on any atom is -0.465 e. The zero-order valence-electron chi connectivity index (χ0n) is 9.76. The minimum absolute atomic E-state index is 0.433. The van der Waals surface area contributed by atoms with Gasteiger partial charge in [0.25, 0.3) is 0 Å². The molecule has 0 saturated carbocycles. The van der Waals surface area contributed by atoms with Crippen LogP contribution in [-0.2, 0) is 6.42 Å². The summed E-state index contributed by atoms with van der Waals surface area (Å²) in [5.41, 5.74) is 1.16. The van der Waals surface area contributed by atoms with Crippen molar-refractivity contribution in [1.29, 1.82) is 0 Å². The largest absolute Gasteiger partial charge is 0.465 e. The lowest BCUT2D eigenvalue weighted by Gasteiger charge is -2.22. The molecule has 0 saturated heterocycles. The highest BCUT2D eigenvalue weighted by Crippen LogP contribution is 2.02. The van der Waals surface area contributed by atoms with E-state index in [1.807, 2.05) is 49.3 Å². The van der Waals surface area contributed by atoms with Crippen LogP contribution in [0, 0.1) is 0 Å². The van der Waals surface area contributed by atoms with Crippen molar-refractivity contribution in [3.05, 3.63) is 35.9 Å². The normalized spacial score (nSPS) is 10.4. The first-order valence-corrected chi connectivity index (χ1v) is 5.26. The van der Waals surface area contributed by atoms with E-state index in [1.54, 1.807) is 0 Å². The first kappa shape index (κ1) is 12.5. The van der Waals surface area contributed by atoms with Crippen LogP contribution in [0.25, 0.3) is 0 Å². The highest BCUT2D eigenvalue weighted by atomic mass is 16.4. The van der Waals surface area contributed by atoms with Gasteiger partial charge in [-0.2, -0.15) is 0 Å². The van der Waals surface area contributed by atoms with Crippen LogP contribution in [0.4, 0.5) is 4.79 Å². The molecule has 0 aliphatic heterocycles. The summed E-state index contributed by atoms with van der Waals surface area (Å²) in [6.45, 7) is 0.958. The fourth-order valence-electron chi connectivity index (χ4n) is 1.48. The molecule has 4 heteroatoms. The Morgan fingerprint density at radius 1 is 1.25 bits per heavy atom. The molecule has 1 N–H and O–H groups in total. The van der Waals surface area contributed by atoms with Crippen molar-refractivity contribution in [3.8, 4) is 0 Å². The molecule has 0 aliphatic rings. The van der Waals surface area contributed by atoms with E-state index in [0.717, 1.165) is 12.0 Å². The Bertz CT molecular complexity index is 325. The number of carbonyl (C=O) groups is 1. The molecule has 0 bridgehead atoms. The molecule has 1 rings (SSSR count). The van der Waals surface area contributed by atoms with Crippen LogP contribution in [0.15, 0.2) is 30.3 Å². The maximum atomic E-state index is 11.0. The van der Waals surface area contributed by atoms with Gasteiger partial charge in [0.15, 0.2) is 0 Å². The third kappa shape index (κ3) is 4.31. The fraction of sp³-hybridized carbons (Fsp3) is 0.417. The maximum absolute atomic E-state index is 11.0. The van der Waals surface area contributed by atoms with Crippen LogP contribution in [0.5, 0.6) is 0 Å². The molecule has 0 aliphatic carbocycles. The molecule has 1 aromatic carbocycles. The number of hydrogen-bond acceptors (Lipinski definition) is 2. The van der Waals surface area contributed by atoms with Crippen LogP contribution < -0.4 is 0 Å². The summed E-state index contributed by atoms with van der Waals surface area (Å²) in [5, 5.41) is 9.00. The van der Waals surface area contributed by atoms with Crippen LogP contribution in [-0.4, -0.2) is 48.3 Å². The van der Waals surface area contributed by atoms with Crippen molar-refractivity contribution in [2.45, 2.75) is 6.42 Å². The second-order valence-corrected chi connectivity index (χ2v) is 4.00. The van der Waals surface area contributed by atoms with E-state index in [4.69, 9.17) is 5.11 Å². The van der Waals surface area contributed by atoms with Gasteiger partial charge in [0.2, 0.25) is 0 Å². The molecular weight excluding hydrogens is 204 g/mol. The molecular formula is C12H18N2O2. The second-order valence-electron chi connectivity index (χ2n) is 4.00. The van der Waals surface area contributed by atoms with E-state index >= 15 is 0 Å². The molecule has 0 heterocycles. The topological polar surface area (TPSA) is 43.8 Å². The molecule has 0 atom stereocenters. The van der Waals surface area contributed by atoms with Gasteiger partial charge in [0, 0.05) is 6.54 Å². The van der Waals surface area contributed by atoms with Gasteiger partial charge >= 0.3 is 6.09 Å². The summed E-state index contributed by atoms with van der Waals surface area (Å²) in [5.74, 6) is 0. The molecule has 16 heavy (non-hydrogen) atoms. The second kappa shape index (κ2) is 6.12. The molecule has 0 spiro atoms. The zero-order chi connectivity index (χ0) is 12.0. The van der Waals surface area contributed by atoms with Crippen molar-refractivity contribution in [1.82, 2.24) is 9.80 Å². The van der Waals surface area contributed by atoms with E-state index in [0.29, 0.717) is 13.2 Å². The Balaban J connectivity index is 2.47. The number of benzene rings is 1. The minimum atomic E-state index is -0.871. The van der Waals surface area contributed by atoms with Crippen LogP contribution in [0.2, 0.25) is 0 Å². The lowest BCUT2D eigenvalue weighted by atomic mass is 10.1. The van der Waals surface area contributed by atoms with E-state index in [-0.39, 0.29) is 0 Å². The van der Waals surface area contributed by atoms with Gasteiger partial charge in [0.1, 0.15) is 0 Å². The van der Waals surface area contributed by atoms with Gasteiger partial charge < -0.3 is 5.11 Å². The number of nitrogens with zero attached hydrogens (tertiary/aromatic N) is 2. The number of hydrogen-bond donors (Lipinski definition) is 1. The molecule has 0 fully saturated rings. The van der Waals surface area contributed by atoms with Gasteiger partial charge in [-0.05, 0) is 26.1 Å². The summed E-state index contributed by atoms with van der Waals surface area (Å²) in [4.78, 5) is 14.2. The van der Waals surface area contributed by atoms with Gasteiger partial charge in [-0.1, -0.05) is 30.3 Å². The molecule has 0 aromatic heterocycles. The quantitative estimate of drug-likeness (QED) is 0.772. The smallest absolute Gasteiger partial charge is 0.408 e. The Labute approximate surface area is 96.1 Å². The highest BCUT2D eigenvalue weighted by molar-refractivity contribution is 5.64. The van der Waals surface area contributed by atoms with Gasteiger partial charge in [-0.15, -0.1) is 0 Å². The summed E-state index contributed by atoms with van der Waals surface area (Å²) in [6.07, 6.45) is -0.120. The lowest BCUT2D eigenvalue weighted by molar-refractivity contribution is 0.121. The molecule has 0 unspecified atom stereocenters. The number of rotatable bonds is 5. The molecule has 1 aromatic rings. The van der Waals surface area contributed by atoms with E-state index in [2.05, 4.69) is 0 Å². The van der Waals surface area contributed by atoms with Gasteiger partial charge in [-0.25, -0.2) is 4.79 Å². The van der Waals surface area contributed by atoms with Crippen molar-refractivity contribution in [2.75, 3.05) is 27.3 Å². The van der Waals surface area contributed by atoms with Gasteiger partial charge in [-0.3, -0.25) is 9.80 Å². The van der Waals surface area contributed by atoms with E-state index in [1.165, 1.54) is 4.90 Å². The van der Waals surface area contributed by atoms with Crippen LogP contribution in [0.1, 0.15) is 5.56 Å². The number of carboxylic acid groups (broad SMARTS) is 1.